The van der Waals surface area contributed by atoms with Crippen LogP contribution >= 0.6 is 0 Å². The monoisotopic (exact) mass is 294 g/mol. The predicted molar refractivity (Wildman–Crippen MR) is 74.2 cm³/mol. The van der Waals surface area contributed by atoms with Gasteiger partial charge in [0.25, 0.3) is 0 Å². The smallest absolute Gasteiger partial charge is 0.411 e. The number of rotatable bonds is 4. The van der Waals surface area contributed by atoms with Gasteiger partial charge in [0.05, 0.1) is 26.0 Å². The number of nitrogens with one attached hydrogen (secondary N) is 1. The van der Waals surface area contributed by atoms with Gasteiger partial charge in [0, 0.05) is 0 Å². The van der Waals surface area contributed by atoms with E-state index in [0.717, 1.165) is 0 Å². The Morgan fingerprint density at radius 3 is 2.76 bits per heavy atom. The van der Waals surface area contributed by atoms with Gasteiger partial charge < -0.3 is 18.9 Å². The molecule has 0 aromatic heterocycles. The molecule has 7 heteroatoms. The van der Waals surface area contributed by atoms with E-state index in [1.165, 1.54) is 0 Å². The van der Waals surface area contributed by atoms with Crippen LogP contribution in [0, 0.1) is 0 Å². The molecular formula is C14H18N2O5. The van der Waals surface area contributed by atoms with E-state index in [-0.39, 0.29) is 12.1 Å². The number of benzene rings is 1. The molecule has 0 spiro atoms. The molecule has 1 aromatic rings. The molecule has 1 N–H and O–H groups in total. The highest BCUT2D eigenvalue weighted by molar-refractivity contribution is 5.86. The van der Waals surface area contributed by atoms with Crippen molar-refractivity contribution in [1.29, 1.82) is 0 Å². The summed E-state index contributed by atoms with van der Waals surface area (Å²) >= 11 is 0. The van der Waals surface area contributed by atoms with Gasteiger partial charge in [-0.25, -0.2) is 9.69 Å². The van der Waals surface area contributed by atoms with E-state index in [0.29, 0.717) is 38.1 Å². The number of anilines is 1. The first-order valence-electron chi connectivity index (χ1n) is 6.71. The Hall–Kier alpha value is -1.83. The number of para-hydroxylation sites is 2. The lowest BCUT2D eigenvalue weighted by Gasteiger charge is -2.26. The summed E-state index contributed by atoms with van der Waals surface area (Å²) in [6.45, 7) is 2.27. The Morgan fingerprint density at radius 1 is 1.33 bits per heavy atom. The van der Waals surface area contributed by atoms with Crippen molar-refractivity contribution in [3.63, 3.8) is 0 Å². The molecule has 0 radical (unpaired) electrons. The van der Waals surface area contributed by atoms with Crippen LogP contribution in [0.25, 0.3) is 0 Å². The van der Waals surface area contributed by atoms with Gasteiger partial charge in [-0.15, -0.1) is 0 Å². The Kier molecular flexibility index (Phi) is 3.96. The van der Waals surface area contributed by atoms with Crippen LogP contribution in [0.5, 0.6) is 5.75 Å². The summed E-state index contributed by atoms with van der Waals surface area (Å²) in [5, 5.41) is 2.68. The summed E-state index contributed by atoms with van der Waals surface area (Å²) in [5.74, 6) is 0.586. The number of hydrogen-bond donors (Lipinski definition) is 1. The molecule has 1 amide bonds. The molecule has 7 nitrogen and oxygen atoms in total. The fourth-order valence-electron chi connectivity index (χ4n) is 2.50. The molecule has 3 rings (SSSR count). The van der Waals surface area contributed by atoms with E-state index in [4.69, 9.17) is 18.9 Å². The first-order valence-corrected chi connectivity index (χ1v) is 6.71. The highest BCUT2D eigenvalue weighted by Crippen LogP contribution is 2.29. The second-order valence-electron chi connectivity index (χ2n) is 5.12. The van der Waals surface area contributed by atoms with E-state index in [1.54, 1.807) is 19.2 Å². The minimum atomic E-state index is -0.521. The molecule has 2 heterocycles. The topological polar surface area (TPSA) is 69.3 Å². The van der Waals surface area contributed by atoms with Crippen LogP contribution in [0.4, 0.5) is 10.5 Å². The number of ether oxygens (including phenoxy) is 4. The quantitative estimate of drug-likeness (QED) is 0.901. The van der Waals surface area contributed by atoms with Crippen LogP contribution in [0.2, 0.25) is 0 Å². The predicted octanol–water partition coefficient (Wildman–Crippen LogP) is 1.26. The number of carbonyl (C=O) groups excluding carboxylic acids is 1. The summed E-state index contributed by atoms with van der Waals surface area (Å²) in [6.07, 6.45) is -0.521. The SMILES string of the molecule is COc1ccccc1NC(=O)OCC12COCN1COC2. The maximum absolute atomic E-state index is 11.9. The third kappa shape index (κ3) is 2.80. The van der Waals surface area contributed by atoms with E-state index in [2.05, 4.69) is 5.32 Å². The molecule has 21 heavy (non-hydrogen) atoms. The summed E-state index contributed by atoms with van der Waals surface area (Å²) < 4.78 is 21.3. The molecule has 2 aliphatic heterocycles. The standard InChI is InChI=1S/C14H18N2O5/c1-18-12-5-3-2-4-11(12)15-13(17)21-8-14-6-19-9-16(14)10-20-7-14/h2-5H,6-10H2,1H3,(H,15,17). The normalized spacial score (nSPS) is 20.0. The second-order valence-corrected chi connectivity index (χ2v) is 5.12. The largest absolute Gasteiger partial charge is 0.495 e. The molecule has 114 valence electrons. The average molecular weight is 294 g/mol. The molecule has 0 atom stereocenters. The van der Waals surface area contributed by atoms with Crippen molar-refractivity contribution >= 4 is 11.8 Å². The van der Waals surface area contributed by atoms with Gasteiger partial charge in [0.15, 0.2) is 0 Å². The van der Waals surface area contributed by atoms with Crippen molar-refractivity contribution in [3.8, 4) is 5.75 Å². The van der Waals surface area contributed by atoms with Crippen molar-refractivity contribution in [2.45, 2.75) is 5.54 Å². The van der Waals surface area contributed by atoms with Crippen LogP contribution in [-0.4, -0.2) is 56.9 Å². The maximum atomic E-state index is 11.9. The van der Waals surface area contributed by atoms with Gasteiger partial charge in [0.1, 0.15) is 31.4 Å². The number of nitrogens with zero attached hydrogens (tertiary/aromatic N) is 1. The fourth-order valence-corrected chi connectivity index (χ4v) is 2.50. The van der Waals surface area contributed by atoms with Gasteiger partial charge in [-0.2, -0.15) is 0 Å². The number of fused-ring (bicyclic) bond motifs is 1. The third-order valence-corrected chi connectivity index (χ3v) is 3.72. The average Bonchev–Trinajstić information content (AvgIpc) is 3.05. The zero-order chi connectivity index (χ0) is 14.7. The molecule has 2 fully saturated rings. The van der Waals surface area contributed by atoms with E-state index >= 15 is 0 Å². The Balaban J connectivity index is 1.57. The lowest BCUT2D eigenvalue weighted by atomic mass is 10.0. The molecule has 0 unspecified atom stereocenters. The maximum Gasteiger partial charge on any atom is 0.411 e. The van der Waals surface area contributed by atoms with Crippen molar-refractivity contribution in [2.24, 2.45) is 0 Å². The second kappa shape index (κ2) is 5.88. The zero-order valence-corrected chi connectivity index (χ0v) is 11.8. The van der Waals surface area contributed by atoms with Crippen molar-refractivity contribution in [1.82, 2.24) is 4.90 Å². The number of carbonyl (C=O) groups is 1. The van der Waals surface area contributed by atoms with Crippen LogP contribution < -0.4 is 10.1 Å². The summed E-state index contributed by atoms with van der Waals surface area (Å²) in [6, 6.07) is 7.17. The molecule has 1 aromatic carbocycles. The number of hydrogen-bond acceptors (Lipinski definition) is 6. The van der Waals surface area contributed by atoms with Gasteiger partial charge in [-0.05, 0) is 12.1 Å². The minimum absolute atomic E-state index is 0.230. The lowest BCUT2D eigenvalue weighted by molar-refractivity contribution is 0.0690. The van der Waals surface area contributed by atoms with Crippen molar-refractivity contribution in [2.75, 3.05) is 45.7 Å². The number of amides is 1. The van der Waals surface area contributed by atoms with Gasteiger partial charge in [-0.1, -0.05) is 12.1 Å². The van der Waals surface area contributed by atoms with Gasteiger partial charge in [0.2, 0.25) is 0 Å². The molecular weight excluding hydrogens is 276 g/mol. The summed E-state index contributed by atoms with van der Waals surface area (Å²) in [7, 11) is 1.55. The molecule has 0 saturated carbocycles. The van der Waals surface area contributed by atoms with E-state index in [9.17, 15) is 4.79 Å². The Labute approximate surface area is 122 Å². The summed E-state index contributed by atoms with van der Waals surface area (Å²) in [4.78, 5) is 14.0. The number of methoxy groups -OCH3 is 1. The van der Waals surface area contributed by atoms with Crippen LogP contribution in [0.1, 0.15) is 0 Å². The van der Waals surface area contributed by atoms with E-state index in [1.807, 2.05) is 17.0 Å². The van der Waals surface area contributed by atoms with Crippen molar-refractivity contribution in [3.05, 3.63) is 24.3 Å². The fraction of sp³-hybridized carbons (Fsp3) is 0.500. The van der Waals surface area contributed by atoms with Gasteiger partial charge >= 0.3 is 6.09 Å². The first-order chi connectivity index (χ1) is 10.2. The Morgan fingerprint density at radius 2 is 2.05 bits per heavy atom. The highest BCUT2D eigenvalue weighted by Gasteiger charge is 2.47. The molecule has 2 saturated heterocycles. The van der Waals surface area contributed by atoms with Crippen molar-refractivity contribution < 1.29 is 23.7 Å². The highest BCUT2D eigenvalue weighted by atomic mass is 16.6. The third-order valence-electron chi connectivity index (χ3n) is 3.72. The molecule has 0 bridgehead atoms. The zero-order valence-electron chi connectivity index (χ0n) is 11.8. The summed E-state index contributed by atoms with van der Waals surface area (Å²) in [5.41, 5.74) is 0.225. The van der Waals surface area contributed by atoms with Crippen LogP contribution in [-0.2, 0) is 14.2 Å². The first kappa shape index (κ1) is 14.1. The lowest BCUT2D eigenvalue weighted by Crippen LogP contribution is -2.48. The van der Waals surface area contributed by atoms with Crippen LogP contribution in [0.3, 0.4) is 0 Å². The van der Waals surface area contributed by atoms with E-state index < -0.39 is 6.09 Å². The van der Waals surface area contributed by atoms with Gasteiger partial charge in [-0.3, -0.25) is 5.32 Å². The minimum Gasteiger partial charge on any atom is -0.495 e. The Bertz CT molecular complexity index is 512. The molecule has 2 aliphatic rings. The molecule has 0 aliphatic carbocycles. The van der Waals surface area contributed by atoms with Crippen LogP contribution in [0.15, 0.2) is 24.3 Å².